The first-order chi connectivity index (χ1) is 9.63. The molecule has 0 aliphatic heterocycles. The van der Waals surface area contributed by atoms with Crippen LogP contribution in [0.25, 0.3) is 32.7 Å². The van der Waals surface area contributed by atoms with E-state index in [1.165, 1.54) is 0 Å². The summed E-state index contributed by atoms with van der Waals surface area (Å²) >= 11 is 5.20. The molecule has 2 nitrogen and oxygen atoms in total. The van der Waals surface area contributed by atoms with Crippen LogP contribution in [0, 0.1) is 18.6 Å². The second-order valence-corrected chi connectivity index (χ2v) is 5.53. The van der Waals surface area contributed by atoms with E-state index in [0.29, 0.717) is 4.71 Å². The second kappa shape index (κ2) is 3.93. The molecular formula is C17H12O2S. The van der Waals surface area contributed by atoms with Crippen LogP contribution in [0.5, 0.6) is 0 Å². The monoisotopic (exact) mass is 280 g/mol. The van der Waals surface area contributed by atoms with Gasteiger partial charge in [-0.2, -0.15) is 0 Å². The largest absolute Gasteiger partial charge is 0.461 e. The normalized spacial score (nSPS) is 11.7. The van der Waals surface area contributed by atoms with E-state index in [-0.39, 0.29) is 0 Å². The molecule has 0 aliphatic rings. The minimum Gasteiger partial charge on any atom is -0.461 e. The van der Waals surface area contributed by atoms with Gasteiger partial charge in [-0.05, 0) is 55.9 Å². The molecule has 3 heteroatoms. The first-order valence-corrected chi connectivity index (χ1v) is 6.90. The number of benzene rings is 2. The molecule has 0 aliphatic carbocycles. The number of hydrogen-bond donors (Lipinski definition) is 0. The Kier molecular flexibility index (Phi) is 2.30. The molecule has 0 fully saturated rings. The van der Waals surface area contributed by atoms with E-state index < -0.39 is 0 Å². The molecule has 0 radical (unpaired) electrons. The molecule has 0 amide bonds. The quantitative estimate of drug-likeness (QED) is 0.306. The number of aryl methyl sites for hydroxylation is 2. The van der Waals surface area contributed by atoms with Gasteiger partial charge in [0.2, 0.25) is 0 Å². The Morgan fingerprint density at radius 2 is 1.50 bits per heavy atom. The Morgan fingerprint density at radius 3 is 2.35 bits per heavy atom. The number of fused-ring (bicyclic) bond motifs is 5. The van der Waals surface area contributed by atoms with Crippen LogP contribution >= 0.6 is 12.2 Å². The van der Waals surface area contributed by atoms with Crippen LogP contribution in [0.2, 0.25) is 0 Å². The van der Waals surface area contributed by atoms with Gasteiger partial charge in [0.1, 0.15) is 16.9 Å². The van der Waals surface area contributed by atoms with Crippen molar-refractivity contribution in [2.24, 2.45) is 0 Å². The lowest BCUT2D eigenvalue weighted by atomic mass is 10.0. The summed E-state index contributed by atoms with van der Waals surface area (Å²) in [7, 11) is 0. The summed E-state index contributed by atoms with van der Waals surface area (Å²) in [4.78, 5) is 0. The number of rotatable bonds is 0. The van der Waals surface area contributed by atoms with E-state index in [0.717, 1.165) is 44.0 Å². The van der Waals surface area contributed by atoms with E-state index in [4.69, 9.17) is 21.1 Å². The lowest BCUT2D eigenvalue weighted by molar-refractivity contribution is 0.580. The molecule has 0 saturated carbocycles. The standard InChI is InChI=1S/C17H12O2S/c1-9-7-15(20)19-17-12(9)5-6-13-14(17)4-3-11-8-10(2)18-16(11)13/h3-8H,1-2H3. The Bertz CT molecular complexity index is 1040. The van der Waals surface area contributed by atoms with Crippen molar-refractivity contribution in [3.05, 3.63) is 52.4 Å². The number of hydrogen-bond acceptors (Lipinski definition) is 3. The fourth-order valence-corrected chi connectivity index (χ4v) is 3.07. The van der Waals surface area contributed by atoms with Crippen LogP contribution in [0.4, 0.5) is 0 Å². The Hall–Kier alpha value is -2.13. The summed E-state index contributed by atoms with van der Waals surface area (Å²) in [5.74, 6) is 0.915. The Morgan fingerprint density at radius 1 is 0.800 bits per heavy atom. The van der Waals surface area contributed by atoms with Gasteiger partial charge in [0.05, 0.1) is 0 Å². The van der Waals surface area contributed by atoms with Crippen LogP contribution in [-0.4, -0.2) is 0 Å². The third-order valence-electron chi connectivity index (χ3n) is 3.72. The van der Waals surface area contributed by atoms with E-state index in [1.807, 2.05) is 19.1 Å². The smallest absolute Gasteiger partial charge is 0.191 e. The average Bonchev–Trinajstić information content (AvgIpc) is 2.78. The van der Waals surface area contributed by atoms with Crippen molar-refractivity contribution in [3.63, 3.8) is 0 Å². The van der Waals surface area contributed by atoms with Gasteiger partial charge in [-0.15, -0.1) is 0 Å². The van der Waals surface area contributed by atoms with Crippen molar-refractivity contribution < 1.29 is 8.83 Å². The summed E-state index contributed by atoms with van der Waals surface area (Å²) in [6.45, 7) is 4.01. The topological polar surface area (TPSA) is 26.3 Å². The minimum absolute atomic E-state index is 0.512. The van der Waals surface area contributed by atoms with Gasteiger partial charge in [-0.25, -0.2) is 0 Å². The molecule has 4 aromatic rings. The average molecular weight is 280 g/mol. The highest BCUT2D eigenvalue weighted by atomic mass is 32.1. The summed E-state index contributed by atoms with van der Waals surface area (Å²) in [6, 6.07) is 12.2. The van der Waals surface area contributed by atoms with Gasteiger partial charge in [0, 0.05) is 21.5 Å². The first kappa shape index (κ1) is 11.7. The molecule has 0 bridgehead atoms. The predicted molar refractivity (Wildman–Crippen MR) is 83.8 cm³/mol. The second-order valence-electron chi connectivity index (χ2n) is 5.13. The summed E-state index contributed by atoms with van der Waals surface area (Å²) < 4.78 is 12.1. The van der Waals surface area contributed by atoms with Crippen molar-refractivity contribution >= 4 is 44.9 Å². The Balaban J connectivity index is 2.31. The zero-order valence-electron chi connectivity index (χ0n) is 11.2. The molecule has 2 aromatic carbocycles. The molecule has 0 saturated heterocycles. The maximum atomic E-state index is 5.82. The van der Waals surface area contributed by atoms with Crippen LogP contribution in [0.3, 0.4) is 0 Å². The summed E-state index contributed by atoms with van der Waals surface area (Å²) in [5, 5.41) is 4.31. The van der Waals surface area contributed by atoms with E-state index in [1.54, 1.807) is 0 Å². The first-order valence-electron chi connectivity index (χ1n) is 6.50. The highest BCUT2D eigenvalue weighted by Gasteiger charge is 2.10. The fraction of sp³-hybridized carbons (Fsp3) is 0.118. The molecule has 0 spiro atoms. The van der Waals surface area contributed by atoms with Gasteiger partial charge >= 0.3 is 0 Å². The van der Waals surface area contributed by atoms with Crippen molar-refractivity contribution in [2.75, 3.05) is 0 Å². The molecule has 4 rings (SSSR count). The molecule has 0 atom stereocenters. The molecule has 2 heterocycles. The van der Waals surface area contributed by atoms with Gasteiger partial charge in [-0.3, -0.25) is 0 Å². The fourth-order valence-electron chi connectivity index (χ4n) is 2.81. The molecule has 2 aromatic heterocycles. The zero-order valence-corrected chi connectivity index (χ0v) is 12.0. The highest BCUT2D eigenvalue weighted by Crippen LogP contribution is 2.33. The van der Waals surface area contributed by atoms with Crippen LogP contribution in [-0.2, 0) is 0 Å². The molecule has 0 N–H and O–H groups in total. The Labute approximate surface area is 120 Å². The van der Waals surface area contributed by atoms with Crippen LogP contribution in [0.15, 0.2) is 45.2 Å². The van der Waals surface area contributed by atoms with Gasteiger partial charge in [0.25, 0.3) is 0 Å². The minimum atomic E-state index is 0.512. The molecular weight excluding hydrogens is 268 g/mol. The SMILES string of the molecule is Cc1cc2ccc3c(ccc4c(C)cc(=S)oc43)c2o1. The lowest BCUT2D eigenvalue weighted by Crippen LogP contribution is -1.82. The zero-order chi connectivity index (χ0) is 13.9. The van der Waals surface area contributed by atoms with Gasteiger partial charge in [-0.1, -0.05) is 12.1 Å². The van der Waals surface area contributed by atoms with Gasteiger partial charge < -0.3 is 8.83 Å². The molecule has 98 valence electrons. The number of furan rings is 1. The van der Waals surface area contributed by atoms with E-state index in [9.17, 15) is 0 Å². The van der Waals surface area contributed by atoms with Gasteiger partial charge in [0.15, 0.2) is 4.71 Å². The summed E-state index contributed by atoms with van der Waals surface area (Å²) in [5.41, 5.74) is 2.88. The van der Waals surface area contributed by atoms with Crippen molar-refractivity contribution in [1.82, 2.24) is 0 Å². The maximum Gasteiger partial charge on any atom is 0.191 e. The van der Waals surface area contributed by atoms with Crippen molar-refractivity contribution in [2.45, 2.75) is 13.8 Å². The van der Waals surface area contributed by atoms with E-state index in [2.05, 4.69) is 31.2 Å². The summed E-state index contributed by atoms with van der Waals surface area (Å²) in [6.07, 6.45) is 0. The van der Waals surface area contributed by atoms with E-state index >= 15 is 0 Å². The third kappa shape index (κ3) is 1.53. The third-order valence-corrected chi connectivity index (χ3v) is 3.92. The highest BCUT2D eigenvalue weighted by molar-refractivity contribution is 7.71. The molecule has 0 unspecified atom stereocenters. The molecule has 20 heavy (non-hydrogen) atoms. The van der Waals surface area contributed by atoms with Crippen molar-refractivity contribution in [1.29, 1.82) is 0 Å². The van der Waals surface area contributed by atoms with Crippen LogP contribution < -0.4 is 0 Å². The van der Waals surface area contributed by atoms with Crippen molar-refractivity contribution in [3.8, 4) is 0 Å². The van der Waals surface area contributed by atoms with Crippen LogP contribution in [0.1, 0.15) is 11.3 Å². The predicted octanol–water partition coefficient (Wildman–Crippen LogP) is 5.68. The lowest BCUT2D eigenvalue weighted by Gasteiger charge is -2.05. The maximum absolute atomic E-state index is 5.82.